The third kappa shape index (κ3) is 2.91. The van der Waals surface area contributed by atoms with Gasteiger partial charge in [-0.25, -0.2) is 14.6 Å². The third-order valence-electron chi connectivity index (χ3n) is 3.34. The monoisotopic (exact) mass is 296 g/mol. The normalized spacial score (nSPS) is 12.2. The smallest absolute Gasteiger partial charge is 0.163 e. The van der Waals surface area contributed by atoms with Gasteiger partial charge in [0.2, 0.25) is 0 Å². The van der Waals surface area contributed by atoms with Crippen molar-refractivity contribution in [2.75, 3.05) is 5.32 Å². The third-order valence-corrected chi connectivity index (χ3v) is 3.34. The van der Waals surface area contributed by atoms with Crippen LogP contribution in [0.2, 0.25) is 0 Å². The molecule has 0 spiro atoms. The molecule has 0 saturated carbocycles. The summed E-state index contributed by atoms with van der Waals surface area (Å²) in [4.78, 5) is 8.56. The summed E-state index contributed by atoms with van der Waals surface area (Å²) in [7, 11) is 0. The van der Waals surface area contributed by atoms with Gasteiger partial charge in [-0.15, -0.1) is 0 Å². The van der Waals surface area contributed by atoms with E-state index >= 15 is 0 Å². The molecule has 0 unspecified atom stereocenters. The highest BCUT2D eigenvalue weighted by Crippen LogP contribution is 2.20. The van der Waals surface area contributed by atoms with E-state index in [1.54, 1.807) is 17.1 Å². The van der Waals surface area contributed by atoms with Gasteiger partial charge in [-0.3, -0.25) is 0 Å². The van der Waals surface area contributed by atoms with E-state index in [1.807, 2.05) is 12.1 Å². The fourth-order valence-electron chi connectivity index (χ4n) is 2.34. The Morgan fingerprint density at radius 2 is 2.36 bits per heavy atom. The predicted octanol–water partition coefficient (Wildman–Crippen LogP) is 2.38. The SMILES string of the molecule is C[C@@H](Cc1ccco1)Nc1ncnc2c1cnn2CCC#N. The van der Waals surface area contributed by atoms with Gasteiger partial charge < -0.3 is 9.73 Å². The average molecular weight is 296 g/mol. The standard InChI is InChI=1S/C15H16N6O/c1-11(8-12-4-2-7-22-12)20-14-13-9-19-21(6-3-5-16)15(13)18-10-17-14/h2,4,7,9-11H,3,6,8H2,1H3,(H,17,18,20)/t11-/m0/s1. The lowest BCUT2D eigenvalue weighted by Crippen LogP contribution is -2.18. The molecule has 0 aliphatic heterocycles. The molecule has 7 heteroatoms. The van der Waals surface area contributed by atoms with Crippen molar-refractivity contribution in [1.82, 2.24) is 19.7 Å². The van der Waals surface area contributed by atoms with Gasteiger partial charge in [-0.2, -0.15) is 10.4 Å². The zero-order valence-corrected chi connectivity index (χ0v) is 12.2. The van der Waals surface area contributed by atoms with Gasteiger partial charge in [0, 0.05) is 12.5 Å². The van der Waals surface area contributed by atoms with E-state index in [9.17, 15) is 0 Å². The molecule has 3 rings (SSSR count). The van der Waals surface area contributed by atoms with Crippen LogP contribution >= 0.6 is 0 Å². The number of fused-ring (bicyclic) bond motifs is 1. The van der Waals surface area contributed by atoms with Crippen molar-refractivity contribution in [3.05, 3.63) is 36.7 Å². The Hall–Kier alpha value is -2.88. The van der Waals surface area contributed by atoms with Gasteiger partial charge in [-0.05, 0) is 19.1 Å². The molecule has 1 atom stereocenters. The number of rotatable bonds is 6. The fraction of sp³-hybridized carbons (Fsp3) is 0.333. The number of nitrogens with zero attached hydrogens (tertiary/aromatic N) is 5. The summed E-state index contributed by atoms with van der Waals surface area (Å²) < 4.78 is 7.08. The molecule has 0 aliphatic rings. The van der Waals surface area contributed by atoms with Crippen LogP contribution in [0.3, 0.4) is 0 Å². The van der Waals surface area contributed by atoms with Crippen molar-refractivity contribution in [2.45, 2.75) is 32.4 Å². The van der Waals surface area contributed by atoms with Crippen molar-refractivity contribution in [3.8, 4) is 6.07 Å². The van der Waals surface area contributed by atoms with Crippen molar-refractivity contribution in [1.29, 1.82) is 5.26 Å². The molecule has 112 valence electrons. The first-order valence-corrected chi connectivity index (χ1v) is 7.10. The Morgan fingerprint density at radius 3 is 3.14 bits per heavy atom. The van der Waals surface area contributed by atoms with Gasteiger partial charge in [0.25, 0.3) is 0 Å². The van der Waals surface area contributed by atoms with Crippen molar-refractivity contribution >= 4 is 16.9 Å². The van der Waals surface area contributed by atoms with Gasteiger partial charge in [0.05, 0.1) is 36.9 Å². The molecule has 3 aromatic rings. The van der Waals surface area contributed by atoms with Crippen LogP contribution in [0.25, 0.3) is 11.0 Å². The Morgan fingerprint density at radius 1 is 1.45 bits per heavy atom. The van der Waals surface area contributed by atoms with Gasteiger partial charge in [0.1, 0.15) is 17.9 Å². The Bertz CT molecular complexity index is 786. The minimum absolute atomic E-state index is 0.159. The highest BCUT2D eigenvalue weighted by atomic mass is 16.3. The maximum Gasteiger partial charge on any atom is 0.163 e. The molecule has 7 nitrogen and oxygen atoms in total. The summed E-state index contributed by atoms with van der Waals surface area (Å²) in [5.74, 6) is 1.67. The van der Waals surface area contributed by atoms with Gasteiger partial charge in [0.15, 0.2) is 5.65 Å². The number of anilines is 1. The van der Waals surface area contributed by atoms with E-state index in [1.165, 1.54) is 6.33 Å². The first-order valence-electron chi connectivity index (χ1n) is 7.10. The van der Waals surface area contributed by atoms with Crippen LogP contribution in [0, 0.1) is 11.3 Å². The van der Waals surface area contributed by atoms with Crippen LogP contribution in [0.5, 0.6) is 0 Å². The molecule has 1 N–H and O–H groups in total. The second kappa shape index (κ2) is 6.26. The summed E-state index contributed by atoms with van der Waals surface area (Å²) in [5, 5.41) is 17.2. The van der Waals surface area contributed by atoms with E-state index in [0.717, 1.165) is 29.0 Å². The molecule has 0 saturated heterocycles. The van der Waals surface area contributed by atoms with E-state index in [4.69, 9.17) is 9.68 Å². The summed E-state index contributed by atoms with van der Waals surface area (Å²) in [6.45, 7) is 2.59. The van der Waals surface area contributed by atoms with Gasteiger partial charge >= 0.3 is 0 Å². The number of furan rings is 1. The van der Waals surface area contributed by atoms with E-state index in [2.05, 4.69) is 33.4 Å². The molecular formula is C15H16N6O. The average Bonchev–Trinajstić information content (AvgIpc) is 3.15. The molecule has 3 heterocycles. The molecule has 0 radical (unpaired) electrons. The molecule has 0 bridgehead atoms. The topological polar surface area (TPSA) is 92.6 Å². The molecule has 22 heavy (non-hydrogen) atoms. The number of hydrogen-bond donors (Lipinski definition) is 1. The summed E-state index contributed by atoms with van der Waals surface area (Å²) in [6, 6.07) is 6.10. The lowest BCUT2D eigenvalue weighted by molar-refractivity contribution is 0.497. The summed E-state index contributed by atoms with van der Waals surface area (Å²) in [5.41, 5.74) is 0.734. The summed E-state index contributed by atoms with van der Waals surface area (Å²) >= 11 is 0. The number of nitrogens with one attached hydrogen (secondary N) is 1. The Balaban J connectivity index is 1.79. The van der Waals surface area contributed by atoms with E-state index in [0.29, 0.717) is 13.0 Å². The summed E-state index contributed by atoms with van der Waals surface area (Å²) in [6.07, 6.45) is 6.08. The van der Waals surface area contributed by atoms with Crippen molar-refractivity contribution < 1.29 is 4.42 Å². The highest BCUT2D eigenvalue weighted by Gasteiger charge is 2.12. The predicted molar refractivity (Wildman–Crippen MR) is 81.0 cm³/mol. The van der Waals surface area contributed by atoms with E-state index in [-0.39, 0.29) is 6.04 Å². The molecule has 3 aromatic heterocycles. The number of hydrogen-bond acceptors (Lipinski definition) is 6. The van der Waals surface area contributed by atoms with E-state index < -0.39 is 0 Å². The van der Waals surface area contributed by atoms with Crippen LogP contribution < -0.4 is 5.32 Å². The van der Waals surface area contributed by atoms with Crippen molar-refractivity contribution in [2.24, 2.45) is 0 Å². The zero-order valence-electron chi connectivity index (χ0n) is 12.2. The minimum atomic E-state index is 0.159. The lowest BCUT2D eigenvalue weighted by Gasteiger charge is -2.13. The number of aromatic nitrogens is 4. The first kappa shape index (κ1) is 14.1. The Labute approximate surface area is 127 Å². The molecule has 0 aromatic carbocycles. The largest absolute Gasteiger partial charge is 0.469 e. The molecule has 0 amide bonds. The van der Waals surface area contributed by atoms with Gasteiger partial charge in [-0.1, -0.05) is 0 Å². The fourth-order valence-corrected chi connectivity index (χ4v) is 2.34. The highest BCUT2D eigenvalue weighted by molar-refractivity contribution is 5.86. The Kier molecular flexibility index (Phi) is 4.01. The van der Waals surface area contributed by atoms with Crippen LogP contribution in [0.15, 0.2) is 35.3 Å². The molecule has 0 aliphatic carbocycles. The first-order chi connectivity index (χ1) is 10.8. The van der Waals surface area contributed by atoms with Crippen LogP contribution in [0.1, 0.15) is 19.1 Å². The lowest BCUT2D eigenvalue weighted by atomic mass is 10.2. The van der Waals surface area contributed by atoms with Crippen LogP contribution in [-0.4, -0.2) is 25.8 Å². The second-order valence-corrected chi connectivity index (χ2v) is 5.06. The van der Waals surface area contributed by atoms with Crippen LogP contribution in [-0.2, 0) is 13.0 Å². The number of aryl methyl sites for hydroxylation is 1. The minimum Gasteiger partial charge on any atom is -0.469 e. The quantitative estimate of drug-likeness (QED) is 0.750. The van der Waals surface area contributed by atoms with Crippen molar-refractivity contribution in [3.63, 3.8) is 0 Å². The maximum atomic E-state index is 8.69. The molecular weight excluding hydrogens is 280 g/mol. The van der Waals surface area contributed by atoms with Crippen LogP contribution in [0.4, 0.5) is 5.82 Å². The molecule has 0 fully saturated rings. The zero-order chi connectivity index (χ0) is 15.4. The number of nitriles is 1. The second-order valence-electron chi connectivity index (χ2n) is 5.06. The maximum absolute atomic E-state index is 8.69.